The van der Waals surface area contributed by atoms with E-state index in [0.29, 0.717) is 10.5 Å². The Labute approximate surface area is 237 Å². The van der Waals surface area contributed by atoms with Crippen LogP contribution >= 0.6 is 0 Å². The van der Waals surface area contributed by atoms with Crippen LogP contribution in [0.2, 0.25) is 0 Å². The van der Waals surface area contributed by atoms with E-state index in [1.54, 1.807) is 27.1 Å². The molecule has 0 saturated heterocycles. The fourth-order valence-corrected chi connectivity index (χ4v) is 4.84. The highest BCUT2D eigenvalue weighted by atomic mass is 19.4. The minimum Gasteiger partial charge on any atom is -0.342 e. The number of benzene rings is 1. The molecule has 0 aromatic heterocycles. The molecule has 2 N–H and O–H groups in total. The molecule has 10 heteroatoms. The van der Waals surface area contributed by atoms with Crippen molar-refractivity contribution in [1.82, 2.24) is 20.4 Å². The van der Waals surface area contributed by atoms with Crippen LogP contribution in [-0.2, 0) is 19.8 Å². The third kappa shape index (κ3) is 9.08. The van der Waals surface area contributed by atoms with E-state index < -0.39 is 41.0 Å². The molecule has 0 spiro atoms. The summed E-state index contributed by atoms with van der Waals surface area (Å²) in [5, 5.41) is 6.10. The first kappa shape index (κ1) is 35.1. The van der Waals surface area contributed by atoms with Crippen molar-refractivity contribution < 1.29 is 27.6 Å². The minimum absolute atomic E-state index is 0.0917. The molecule has 226 valence electrons. The second-order valence-corrected chi connectivity index (χ2v) is 12.5. The van der Waals surface area contributed by atoms with Crippen LogP contribution in [-0.4, -0.2) is 79.5 Å². The average Bonchev–Trinajstić information content (AvgIpc) is 2.83. The van der Waals surface area contributed by atoms with Crippen molar-refractivity contribution in [2.45, 2.75) is 85.1 Å². The van der Waals surface area contributed by atoms with Gasteiger partial charge in [0, 0.05) is 26.1 Å². The number of carbonyl (C=O) groups is 3. The fraction of sp³-hybridized carbons (Fsp3) is 0.633. The Morgan fingerprint density at radius 3 is 1.90 bits per heavy atom. The molecule has 3 amide bonds. The summed E-state index contributed by atoms with van der Waals surface area (Å²) in [6.07, 6.45) is -3.25. The second-order valence-electron chi connectivity index (χ2n) is 12.5. The lowest BCUT2D eigenvalue weighted by Crippen LogP contribution is -2.61. The van der Waals surface area contributed by atoms with E-state index in [9.17, 15) is 27.6 Å². The van der Waals surface area contributed by atoms with Gasteiger partial charge < -0.3 is 20.4 Å². The third-order valence-electron chi connectivity index (χ3n) is 7.20. The van der Waals surface area contributed by atoms with E-state index in [4.69, 9.17) is 0 Å². The second kappa shape index (κ2) is 13.7. The van der Waals surface area contributed by atoms with Crippen LogP contribution < -0.4 is 10.6 Å². The van der Waals surface area contributed by atoms with Gasteiger partial charge in [0.1, 0.15) is 6.04 Å². The third-order valence-corrected chi connectivity index (χ3v) is 7.20. The van der Waals surface area contributed by atoms with Gasteiger partial charge in [-0.1, -0.05) is 90.4 Å². The van der Waals surface area contributed by atoms with E-state index >= 15 is 0 Å². The van der Waals surface area contributed by atoms with Gasteiger partial charge in [0.2, 0.25) is 11.8 Å². The molecule has 0 unspecified atom stereocenters. The maximum Gasteiger partial charge on any atom is 0.471 e. The van der Waals surface area contributed by atoms with E-state index in [1.807, 2.05) is 78.8 Å². The smallest absolute Gasteiger partial charge is 0.342 e. The summed E-state index contributed by atoms with van der Waals surface area (Å²) in [5.74, 6) is -2.67. The Morgan fingerprint density at radius 2 is 1.48 bits per heavy atom. The molecule has 7 nitrogen and oxygen atoms in total. The highest BCUT2D eigenvalue weighted by Gasteiger charge is 2.42. The van der Waals surface area contributed by atoms with Crippen molar-refractivity contribution in [1.29, 1.82) is 0 Å². The minimum atomic E-state index is -4.96. The Balaban J connectivity index is 3.26. The van der Waals surface area contributed by atoms with Crippen molar-refractivity contribution in [2.75, 3.05) is 27.7 Å². The first-order valence-electron chi connectivity index (χ1n) is 13.5. The number of alkyl halides is 3. The molecule has 0 bridgehead atoms. The highest BCUT2D eigenvalue weighted by Crippen LogP contribution is 2.29. The molecule has 0 aliphatic carbocycles. The Kier molecular flexibility index (Phi) is 12.0. The van der Waals surface area contributed by atoms with Gasteiger partial charge in [-0.3, -0.25) is 14.4 Å². The van der Waals surface area contributed by atoms with Crippen molar-refractivity contribution >= 4 is 17.7 Å². The van der Waals surface area contributed by atoms with Crippen LogP contribution in [0.25, 0.3) is 0 Å². The van der Waals surface area contributed by atoms with Gasteiger partial charge >= 0.3 is 12.1 Å². The van der Waals surface area contributed by atoms with Crippen molar-refractivity contribution in [3.05, 3.63) is 47.5 Å². The van der Waals surface area contributed by atoms with Crippen LogP contribution in [0.4, 0.5) is 13.2 Å². The summed E-state index contributed by atoms with van der Waals surface area (Å²) in [6, 6.07) is 7.65. The molecular weight excluding hydrogens is 521 g/mol. The summed E-state index contributed by atoms with van der Waals surface area (Å²) in [6.45, 7) is 14.7. The monoisotopic (exact) mass is 568 g/mol. The topological polar surface area (TPSA) is 81.8 Å². The van der Waals surface area contributed by atoms with Gasteiger partial charge in [-0.25, -0.2) is 0 Å². The fourth-order valence-electron chi connectivity index (χ4n) is 4.84. The lowest BCUT2D eigenvalue weighted by atomic mass is 9.76. The molecule has 1 aromatic rings. The summed E-state index contributed by atoms with van der Waals surface area (Å²) in [4.78, 5) is 41.2. The number of halogens is 3. The maximum atomic E-state index is 13.9. The Morgan fingerprint density at radius 1 is 0.950 bits per heavy atom. The van der Waals surface area contributed by atoms with Gasteiger partial charge in [0.15, 0.2) is 0 Å². The summed E-state index contributed by atoms with van der Waals surface area (Å²) in [7, 11) is 4.42. The molecule has 0 aliphatic heterocycles. The van der Waals surface area contributed by atoms with Crippen LogP contribution in [0.5, 0.6) is 0 Å². The lowest BCUT2D eigenvalue weighted by Gasteiger charge is -2.40. The van der Waals surface area contributed by atoms with E-state index in [-0.39, 0.29) is 24.3 Å². The first-order chi connectivity index (χ1) is 18.2. The molecule has 1 rings (SSSR count). The molecule has 0 radical (unpaired) electrons. The predicted octanol–water partition coefficient (Wildman–Crippen LogP) is 4.53. The molecule has 1 aromatic carbocycles. The van der Waals surface area contributed by atoms with Gasteiger partial charge in [-0.2, -0.15) is 13.2 Å². The zero-order valence-corrected chi connectivity index (χ0v) is 25.7. The van der Waals surface area contributed by atoms with E-state index in [0.717, 1.165) is 12.6 Å². The maximum absolute atomic E-state index is 13.9. The molecule has 3 atom stereocenters. The number of amides is 3. The lowest BCUT2D eigenvalue weighted by molar-refractivity contribution is -0.183. The predicted molar refractivity (Wildman–Crippen MR) is 153 cm³/mol. The number of hydrogen-bond donors (Lipinski definition) is 2. The van der Waals surface area contributed by atoms with Crippen LogP contribution in [0, 0.1) is 11.3 Å². The molecule has 0 saturated carbocycles. The summed E-state index contributed by atoms with van der Waals surface area (Å²) >= 11 is 0. The molecule has 40 heavy (non-hydrogen) atoms. The zero-order valence-electron chi connectivity index (χ0n) is 25.7. The van der Waals surface area contributed by atoms with Crippen molar-refractivity contribution in [3.8, 4) is 0 Å². The molecule has 0 fully saturated rings. The first-order valence-corrected chi connectivity index (χ1v) is 13.5. The number of likely N-dealkylation sites (N-methyl/N-ethyl adjacent to an activating group) is 3. The standard InChI is InChI=1S/C30H47F3N4O3/c1-19(2)22(17-20(3)18-36(10)27(40)30(31,32)33)37(11)26(39)24(28(4,5)6)35-25(38)23(34-9)29(7,8)21-15-13-12-14-16-21/h12-17,19,22-24,34H,18H2,1-11H3,(H,35,38)/b20-17+/t22-,23-,24-/m1/s1. The largest absolute Gasteiger partial charge is 0.471 e. The molecule has 0 heterocycles. The Bertz CT molecular complexity index is 1050. The normalized spacial score (nSPS) is 15.3. The van der Waals surface area contributed by atoms with Crippen LogP contribution in [0.15, 0.2) is 42.0 Å². The summed E-state index contributed by atoms with van der Waals surface area (Å²) in [5.41, 5.74) is 0.248. The van der Waals surface area contributed by atoms with Crippen molar-refractivity contribution in [2.24, 2.45) is 11.3 Å². The molecule has 0 aliphatic rings. The number of nitrogens with one attached hydrogen (secondary N) is 2. The number of rotatable bonds is 11. The van der Waals surface area contributed by atoms with Gasteiger partial charge in [-0.15, -0.1) is 0 Å². The quantitative estimate of drug-likeness (QED) is 0.385. The van der Waals surface area contributed by atoms with Crippen molar-refractivity contribution in [3.63, 3.8) is 0 Å². The van der Waals surface area contributed by atoms with Gasteiger partial charge in [0.05, 0.1) is 12.1 Å². The SMILES string of the molecule is CN[C@H](C(=O)N[C@H](C(=O)N(C)[C@H](/C=C(\C)CN(C)C(=O)C(F)(F)F)C(C)C)C(C)(C)C)C(C)(C)c1ccccc1. The van der Waals surface area contributed by atoms with Gasteiger partial charge in [0.25, 0.3) is 0 Å². The number of nitrogens with zero attached hydrogens (tertiary/aromatic N) is 2. The summed E-state index contributed by atoms with van der Waals surface area (Å²) < 4.78 is 38.5. The molecular formula is C30H47F3N4O3. The number of hydrogen-bond acceptors (Lipinski definition) is 4. The average molecular weight is 569 g/mol. The van der Waals surface area contributed by atoms with E-state index in [1.165, 1.54) is 4.90 Å². The highest BCUT2D eigenvalue weighted by molar-refractivity contribution is 5.91. The zero-order chi connectivity index (χ0) is 31.2. The number of carbonyl (C=O) groups excluding carboxylic acids is 3. The van der Waals surface area contributed by atoms with Gasteiger partial charge in [-0.05, 0) is 30.9 Å². The Hall–Kier alpha value is -2.88. The van der Waals surface area contributed by atoms with Crippen LogP contribution in [0.1, 0.15) is 61.0 Å². The van der Waals surface area contributed by atoms with Crippen LogP contribution in [0.3, 0.4) is 0 Å². The van der Waals surface area contributed by atoms with E-state index in [2.05, 4.69) is 10.6 Å².